The van der Waals surface area contributed by atoms with E-state index in [1.807, 2.05) is 31.7 Å². The first-order chi connectivity index (χ1) is 14.4. The number of nitrogens with zero attached hydrogens (tertiary/aromatic N) is 1. The van der Waals surface area contributed by atoms with Gasteiger partial charge in [0.1, 0.15) is 11.5 Å². The molecule has 1 heterocycles. The van der Waals surface area contributed by atoms with E-state index in [1.54, 1.807) is 31.4 Å². The molecule has 2 amide bonds. The zero-order chi connectivity index (χ0) is 21.7. The standard InChI is InChI=1S/C24H30N2O4/c1-16-5-6-17(2)23(18(16)3)30-15-22(27)25-20-11-13-26(14-12-20)24(28)19-7-9-21(29-4)10-8-19/h5-10,20H,11-15H2,1-4H3,(H,25,27). The number of amides is 2. The predicted octanol–water partition coefficient (Wildman–Crippen LogP) is 3.42. The van der Waals surface area contributed by atoms with Gasteiger partial charge in [0.05, 0.1) is 7.11 Å². The second-order valence-electron chi connectivity index (χ2n) is 7.80. The zero-order valence-electron chi connectivity index (χ0n) is 18.2. The summed E-state index contributed by atoms with van der Waals surface area (Å²) in [5, 5.41) is 3.04. The fraction of sp³-hybridized carbons (Fsp3) is 0.417. The van der Waals surface area contributed by atoms with Crippen molar-refractivity contribution in [3.8, 4) is 11.5 Å². The summed E-state index contributed by atoms with van der Waals surface area (Å²) in [5.74, 6) is 1.39. The summed E-state index contributed by atoms with van der Waals surface area (Å²) in [6.45, 7) is 7.25. The molecule has 6 heteroatoms. The number of benzene rings is 2. The van der Waals surface area contributed by atoms with E-state index in [4.69, 9.17) is 9.47 Å². The van der Waals surface area contributed by atoms with Gasteiger partial charge in [0.25, 0.3) is 11.8 Å². The number of methoxy groups -OCH3 is 1. The minimum Gasteiger partial charge on any atom is -0.497 e. The van der Waals surface area contributed by atoms with Crippen molar-refractivity contribution in [2.75, 3.05) is 26.8 Å². The lowest BCUT2D eigenvalue weighted by Gasteiger charge is -2.32. The predicted molar refractivity (Wildman–Crippen MR) is 116 cm³/mol. The summed E-state index contributed by atoms with van der Waals surface area (Å²) in [5.41, 5.74) is 3.88. The van der Waals surface area contributed by atoms with Crippen molar-refractivity contribution >= 4 is 11.8 Å². The second-order valence-corrected chi connectivity index (χ2v) is 7.80. The van der Waals surface area contributed by atoms with Gasteiger partial charge in [0.15, 0.2) is 6.61 Å². The van der Waals surface area contributed by atoms with Crippen molar-refractivity contribution in [2.24, 2.45) is 0 Å². The molecule has 2 aromatic carbocycles. The SMILES string of the molecule is COc1ccc(C(=O)N2CCC(NC(=O)COc3c(C)ccc(C)c3C)CC2)cc1. The van der Waals surface area contributed by atoms with Crippen molar-refractivity contribution in [3.63, 3.8) is 0 Å². The molecule has 1 aliphatic rings. The lowest BCUT2D eigenvalue weighted by atomic mass is 10.0. The number of aryl methyl sites for hydroxylation is 2. The van der Waals surface area contributed by atoms with Crippen LogP contribution in [0.1, 0.15) is 39.9 Å². The third kappa shape index (κ3) is 5.12. The van der Waals surface area contributed by atoms with Gasteiger partial charge in [-0.3, -0.25) is 9.59 Å². The normalized spacial score (nSPS) is 14.3. The quantitative estimate of drug-likeness (QED) is 0.792. The molecule has 6 nitrogen and oxygen atoms in total. The Morgan fingerprint density at radius 2 is 1.63 bits per heavy atom. The summed E-state index contributed by atoms with van der Waals surface area (Å²) >= 11 is 0. The second kappa shape index (κ2) is 9.65. The number of carbonyl (C=O) groups is 2. The molecule has 0 spiro atoms. The maximum Gasteiger partial charge on any atom is 0.258 e. The molecule has 0 saturated carbocycles. The lowest BCUT2D eigenvalue weighted by molar-refractivity contribution is -0.124. The highest BCUT2D eigenvalue weighted by Crippen LogP contribution is 2.25. The van der Waals surface area contributed by atoms with Gasteiger partial charge >= 0.3 is 0 Å². The fourth-order valence-electron chi connectivity index (χ4n) is 3.70. The fourth-order valence-corrected chi connectivity index (χ4v) is 3.70. The number of ether oxygens (including phenoxy) is 2. The summed E-state index contributed by atoms with van der Waals surface area (Å²) in [6.07, 6.45) is 1.46. The van der Waals surface area contributed by atoms with Crippen LogP contribution in [0.3, 0.4) is 0 Å². The topological polar surface area (TPSA) is 67.9 Å². The maximum atomic E-state index is 12.7. The number of piperidine rings is 1. The number of rotatable bonds is 6. The van der Waals surface area contributed by atoms with Crippen LogP contribution in [0.15, 0.2) is 36.4 Å². The van der Waals surface area contributed by atoms with Crippen LogP contribution in [0.4, 0.5) is 0 Å². The summed E-state index contributed by atoms with van der Waals surface area (Å²) in [7, 11) is 1.60. The van der Waals surface area contributed by atoms with Crippen LogP contribution in [0.5, 0.6) is 11.5 Å². The molecule has 0 aromatic heterocycles. The Kier molecular flexibility index (Phi) is 6.98. The minimum absolute atomic E-state index is 0.00384. The van der Waals surface area contributed by atoms with Gasteiger partial charge in [-0.15, -0.1) is 0 Å². The number of nitrogens with one attached hydrogen (secondary N) is 1. The van der Waals surface area contributed by atoms with Crippen LogP contribution in [0.2, 0.25) is 0 Å². The van der Waals surface area contributed by atoms with E-state index in [-0.39, 0.29) is 24.5 Å². The first kappa shape index (κ1) is 21.7. The Morgan fingerprint density at radius 3 is 2.27 bits per heavy atom. The molecular formula is C24H30N2O4. The Balaban J connectivity index is 1.46. The van der Waals surface area contributed by atoms with Crippen LogP contribution >= 0.6 is 0 Å². The van der Waals surface area contributed by atoms with Gasteiger partial charge in [-0.25, -0.2) is 0 Å². The number of hydrogen-bond donors (Lipinski definition) is 1. The van der Waals surface area contributed by atoms with Crippen LogP contribution in [0.25, 0.3) is 0 Å². The van der Waals surface area contributed by atoms with Gasteiger partial charge in [-0.1, -0.05) is 12.1 Å². The molecule has 0 radical (unpaired) electrons. The first-order valence-corrected chi connectivity index (χ1v) is 10.3. The summed E-state index contributed by atoms with van der Waals surface area (Å²) in [6, 6.07) is 11.3. The number of carbonyl (C=O) groups excluding carboxylic acids is 2. The highest BCUT2D eigenvalue weighted by atomic mass is 16.5. The molecule has 1 N–H and O–H groups in total. The zero-order valence-corrected chi connectivity index (χ0v) is 18.2. The molecule has 3 rings (SSSR count). The van der Waals surface area contributed by atoms with E-state index < -0.39 is 0 Å². The van der Waals surface area contributed by atoms with Crippen molar-refractivity contribution in [1.82, 2.24) is 10.2 Å². The van der Waals surface area contributed by atoms with Crippen LogP contribution < -0.4 is 14.8 Å². The van der Waals surface area contributed by atoms with E-state index in [1.165, 1.54) is 0 Å². The molecule has 0 unspecified atom stereocenters. The van der Waals surface area contributed by atoms with E-state index >= 15 is 0 Å². The van der Waals surface area contributed by atoms with E-state index in [9.17, 15) is 9.59 Å². The molecule has 1 aliphatic heterocycles. The summed E-state index contributed by atoms with van der Waals surface area (Å²) < 4.78 is 10.9. The monoisotopic (exact) mass is 410 g/mol. The van der Waals surface area contributed by atoms with Gasteiger partial charge in [-0.05, 0) is 74.6 Å². The molecule has 0 aliphatic carbocycles. The third-order valence-corrected chi connectivity index (χ3v) is 5.71. The Bertz CT molecular complexity index is 900. The molecule has 0 atom stereocenters. The Labute approximate surface area is 178 Å². The smallest absolute Gasteiger partial charge is 0.258 e. The number of hydrogen-bond acceptors (Lipinski definition) is 4. The third-order valence-electron chi connectivity index (χ3n) is 5.71. The van der Waals surface area contributed by atoms with Gasteiger partial charge in [-0.2, -0.15) is 0 Å². The van der Waals surface area contributed by atoms with Gasteiger partial charge in [0, 0.05) is 24.7 Å². The number of likely N-dealkylation sites (tertiary alicyclic amines) is 1. The van der Waals surface area contributed by atoms with Crippen molar-refractivity contribution in [2.45, 2.75) is 39.7 Å². The molecule has 1 saturated heterocycles. The highest BCUT2D eigenvalue weighted by Gasteiger charge is 2.25. The highest BCUT2D eigenvalue weighted by molar-refractivity contribution is 5.94. The largest absolute Gasteiger partial charge is 0.497 e. The first-order valence-electron chi connectivity index (χ1n) is 10.3. The minimum atomic E-state index is -0.129. The van der Waals surface area contributed by atoms with Crippen LogP contribution in [0, 0.1) is 20.8 Å². The molecule has 0 bridgehead atoms. The van der Waals surface area contributed by atoms with Gasteiger partial charge in [0.2, 0.25) is 0 Å². The molecule has 2 aromatic rings. The van der Waals surface area contributed by atoms with Crippen LogP contribution in [-0.2, 0) is 4.79 Å². The van der Waals surface area contributed by atoms with Crippen LogP contribution in [-0.4, -0.2) is 49.6 Å². The Morgan fingerprint density at radius 1 is 1.00 bits per heavy atom. The van der Waals surface area contributed by atoms with Gasteiger partial charge < -0.3 is 19.7 Å². The molecule has 30 heavy (non-hydrogen) atoms. The molecular weight excluding hydrogens is 380 g/mol. The average Bonchev–Trinajstić information content (AvgIpc) is 2.76. The van der Waals surface area contributed by atoms with E-state index in [0.717, 1.165) is 41.0 Å². The van der Waals surface area contributed by atoms with Crippen molar-refractivity contribution < 1.29 is 19.1 Å². The summed E-state index contributed by atoms with van der Waals surface area (Å²) in [4.78, 5) is 26.9. The lowest BCUT2D eigenvalue weighted by Crippen LogP contribution is -2.47. The molecule has 160 valence electrons. The van der Waals surface area contributed by atoms with Crippen molar-refractivity contribution in [3.05, 3.63) is 58.7 Å². The molecule has 1 fully saturated rings. The average molecular weight is 411 g/mol. The van der Waals surface area contributed by atoms with Crippen molar-refractivity contribution in [1.29, 1.82) is 0 Å². The maximum absolute atomic E-state index is 12.7. The van der Waals surface area contributed by atoms with E-state index in [0.29, 0.717) is 18.7 Å². The Hall–Kier alpha value is -3.02. The van der Waals surface area contributed by atoms with E-state index in [2.05, 4.69) is 11.4 Å².